The number of benzene rings is 3. The van der Waals surface area contributed by atoms with E-state index in [2.05, 4.69) is 16.0 Å². The van der Waals surface area contributed by atoms with Crippen LogP contribution in [0.1, 0.15) is 5.56 Å². The maximum absolute atomic E-state index is 13.1. The van der Waals surface area contributed by atoms with E-state index in [1.165, 1.54) is 30.3 Å². The average molecular weight is 446 g/mol. The smallest absolute Gasteiger partial charge is 0.319 e. The van der Waals surface area contributed by atoms with E-state index in [1.807, 2.05) is 30.3 Å². The zero-order chi connectivity index (χ0) is 21.5. The number of carbonyl (C=O) groups is 2. The largest absolute Gasteiger partial charge is 0.326 e. The summed E-state index contributed by atoms with van der Waals surface area (Å²) < 4.78 is 13.1. The zero-order valence-corrected chi connectivity index (χ0v) is 17.2. The van der Waals surface area contributed by atoms with Crippen LogP contribution in [0, 0.1) is 5.82 Å². The van der Waals surface area contributed by atoms with Gasteiger partial charge in [-0.05, 0) is 48.0 Å². The standard InChI is InChI=1S/C22H18Cl2FN3O2/c23-15-6-11-19(18(24)13-15)27-22(30)28-20(12-14-4-2-1-3-5-14)21(29)26-17-9-7-16(25)8-10-17/h1-11,13,20H,12H2,(H,26,29)(H2,27,28,30). The molecule has 3 aromatic rings. The SMILES string of the molecule is O=C(Nc1ccc(Cl)cc1Cl)NC(Cc1ccccc1)C(=O)Nc1ccc(F)cc1. The number of urea groups is 1. The second kappa shape index (κ2) is 10.1. The first-order valence-corrected chi connectivity index (χ1v) is 9.79. The highest BCUT2D eigenvalue weighted by Crippen LogP contribution is 2.25. The first-order chi connectivity index (χ1) is 14.4. The van der Waals surface area contributed by atoms with Crippen molar-refractivity contribution in [2.24, 2.45) is 0 Å². The molecule has 0 aliphatic heterocycles. The van der Waals surface area contributed by atoms with Gasteiger partial charge >= 0.3 is 6.03 Å². The Morgan fingerprint density at radius 3 is 2.27 bits per heavy atom. The number of halogens is 3. The number of rotatable bonds is 6. The second-order valence-electron chi connectivity index (χ2n) is 6.46. The van der Waals surface area contributed by atoms with Crippen LogP contribution in [0.15, 0.2) is 72.8 Å². The quantitative estimate of drug-likeness (QED) is 0.468. The Bertz CT molecular complexity index is 1030. The second-order valence-corrected chi connectivity index (χ2v) is 7.30. The van der Waals surface area contributed by atoms with Crippen LogP contribution in [0.5, 0.6) is 0 Å². The fourth-order valence-corrected chi connectivity index (χ4v) is 3.18. The van der Waals surface area contributed by atoms with Crippen LogP contribution in [0.2, 0.25) is 10.0 Å². The van der Waals surface area contributed by atoms with Gasteiger partial charge in [-0.2, -0.15) is 0 Å². The van der Waals surface area contributed by atoms with Crippen LogP contribution in [-0.2, 0) is 11.2 Å². The molecule has 0 aromatic heterocycles. The third-order valence-electron chi connectivity index (χ3n) is 4.20. The van der Waals surface area contributed by atoms with Gasteiger partial charge in [0.2, 0.25) is 5.91 Å². The molecule has 3 N–H and O–H groups in total. The third-order valence-corrected chi connectivity index (χ3v) is 4.74. The molecule has 1 atom stereocenters. The summed E-state index contributed by atoms with van der Waals surface area (Å²) in [6.07, 6.45) is 0.260. The van der Waals surface area contributed by atoms with Crippen LogP contribution in [0.3, 0.4) is 0 Å². The summed E-state index contributed by atoms with van der Waals surface area (Å²) in [5, 5.41) is 8.66. The van der Waals surface area contributed by atoms with Gasteiger partial charge in [-0.15, -0.1) is 0 Å². The molecule has 3 amide bonds. The van der Waals surface area contributed by atoms with Gasteiger partial charge in [0, 0.05) is 17.1 Å². The van der Waals surface area contributed by atoms with Gasteiger partial charge in [0.15, 0.2) is 0 Å². The van der Waals surface area contributed by atoms with Crippen molar-refractivity contribution in [3.05, 3.63) is 94.2 Å². The number of carbonyl (C=O) groups excluding carboxylic acids is 2. The van der Waals surface area contributed by atoms with Gasteiger partial charge < -0.3 is 16.0 Å². The monoisotopic (exact) mass is 445 g/mol. The van der Waals surface area contributed by atoms with E-state index in [0.717, 1.165) is 5.56 Å². The Kier molecular flexibility index (Phi) is 7.27. The minimum absolute atomic E-state index is 0.260. The van der Waals surface area contributed by atoms with Crippen molar-refractivity contribution in [1.29, 1.82) is 0 Å². The predicted octanol–water partition coefficient (Wildman–Crippen LogP) is 5.50. The fourth-order valence-electron chi connectivity index (χ4n) is 2.73. The van der Waals surface area contributed by atoms with Crippen molar-refractivity contribution in [2.75, 3.05) is 10.6 Å². The lowest BCUT2D eigenvalue weighted by Gasteiger charge is -2.19. The molecule has 8 heteroatoms. The molecule has 0 bridgehead atoms. The minimum Gasteiger partial charge on any atom is -0.326 e. The van der Waals surface area contributed by atoms with Crippen LogP contribution in [-0.4, -0.2) is 18.0 Å². The molecular weight excluding hydrogens is 428 g/mol. The fraction of sp³-hybridized carbons (Fsp3) is 0.0909. The molecule has 30 heavy (non-hydrogen) atoms. The van der Waals surface area contributed by atoms with Crippen LogP contribution in [0.25, 0.3) is 0 Å². The van der Waals surface area contributed by atoms with Crippen LogP contribution in [0.4, 0.5) is 20.6 Å². The highest BCUT2D eigenvalue weighted by atomic mass is 35.5. The average Bonchev–Trinajstić information content (AvgIpc) is 2.72. The van der Waals surface area contributed by atoms with Gasteiger partial charge in [-0.3, -0.25) is 4.79 Å². The van der Waals surface area contributed by atoms with Gasteiger partial charge in [0.1, 0.15) is 11.9 Å². The Labute approximate surface area is 183 Å². The van der Waals surface area contributed by atoms with Crippen molar-refractivity contribution in [2.45, 2.75) is 12.5 Å². The highest BCUT2D eigenvalue weighted by molar-refractivity contribution is 6.36. The first-order valence-electron chi connectivity index (χ1n) is 9.03. The Morgan fingerprint density at radius 1 is 0.900 bits per heavy atom. The number of hydrogen-bond acceptors (Lipinski definition) is 2. The van der Waals surface area contributed by atoms with Crippen molar-refractivity contribution < 1.29 is 14.0 Å². The Hall–Kier alpha value is -3.09. The summed E-state index contributed by atoms with van der Waals surface area (Å²) in [5.74, 6) is -0.853. The zero-order valence-electron chi connectivity index (χ0n) is 15.7. The lowest BCUT2D eigenvalue weighted by molar-refractivity contribution is -0.117. The van der Waals surface area contributed by atoms with Crippen molar-refractivity contribution in [3.63, 3.8) is 0 Å². The van der Waals surface area contributed by atoms with E-state index < -0.39 is 23.8 Å². The van der Waals surface area contributed by atoms with Crippen molar-refractivity contribution >= 4 is 46.5 Å². The molecule has 1 unspecified atom stereocenters. The molecule has 0 saturated heterocycles. The number of nitrogens with one attached hydrogen (secondary N) is 3. The molecule has 0 spiro atoms. The van der Waals surface area contributed by atoms with Gasteiger partial charge in [0.05, 0.1) is 10.7 Å². The predicted molar refractivity (Wildman–Crippen MR) is 118 cm³/mol. The molecule has 154 valence electrons. The van der Waals surface area contributed by atoms with E-state index in [4.69, 9.17) is 23.2 Å². The molecular formula is C22H18Cl2FN3O2. The molecule has 5 nitrogen and oxygen atoms in total. The lowest BCUT2D eigenvalue weighted by atomic mass is 10.1. The summed E-state index contributed by atoms with van der Waals surface area (Å²) in [4.78, 5) is 25.3. The Morgan fingerprint density at radius 2 is 1.60 bits per heavy atom. The molecule has 0 aliphatic rings. The normalized spacial score (nSPS) is 11.4. The molecule has 0 radical (unpaired) electrons. The van der Waals surface area contributed by atoms with Crippen molar-refractivity contribution in [3.8, 4) is 0 Å². The maximum Gasteiger partial charge on any atom is 0.319 e. The van der Waals surface area contributed by atoms with Gasteiger partial charge in [0.25, 0.3) is 0 Å². The summed E-state index contributed by atoms with van der Waals surface area (Å²) in [6.45, 7) is 0. The maximum atomic E-state index is 13.1. The number of amides is 3. The molecule has 0 aliphatic carbocycles. The van der Waals surface area contributed by atoms with Gasteiger partial charge in [-0.25, -0.2) is 9.18 Å². The Balaban J connectivity index is 1.73. The molecule has 0 fully saturated rings. The number of hydrogen-bond donors (Lipinski definition) is 3. The van der Waals surface area contributed by atoms with E-state index in [9.17, 15) is 14.0 Å². The van der Waals surface area contributed by atoms with Crippen LogP contribution >= 0.6 is 23.2 Å². The summed E-state index contributed by atoms with van der Waals surface area (Å²) in [5.41, 5.74) is 1.64. The first kappa shape index (κ1) is 21.6. The van der Waals surface area contributed by atoms with E-state index in [1.54, 1.807) is 12.1 Å². The lowest BCUT2D eigenvalue weighted by Crippen LogP contribution is -2.47. The topological polar surface area (TPSA) is 70.2 Å². The molecule has 0 heterocycles. The summed E-state index contributed by atoms with van der Waals surface area (Å²) in [6, 6.07) is 17.8. The highest BCUT2D eigenvalue weighted by Gasteiger charge is 2.22. The summed E-state index contributed by atoms with van der Waals surface area (Å²) in [7, 11) is 0. The molecule has 3 aromatic carbocycles. The summed E-state index contributed by atoms with van der Waals surface area (Å²) >= 11 is 12.0. The van der Waals surface area contributed by atoms with Crippen LogP contribution < -0.4 is 16.0 Å². The van der Waals surface area contributed by atoms with E-state index >= 15 is 0 Å². The molecule has 0 saturated carbocycles. The number of anilines is 2. The van der Waals surface area contributed by atoms with E-state index in [-0.39, 0.29) is 11.4 Å². The van der Waals surface area contributed by atoms with E-state index in [0.29, 0.717) is 16.4 Å². The van der Waals surface area contributed by atoms with Gasteiger partial charge in [-0.1, -0.05) is 53.5 Å². The third kappa shape index (κ3) is 6.20. The molecule has 3 rings (SSSR count). The van der Waals surface area contributed by atoms with Crippen molar-refractivity contribution in [1.82, 2.24) is 5.32 Å². The minimum atomic E-state index is -0.886.